The molecule has 1 heterocycles. The maximum atomic E-state index is 12.0. The molecule has 0 aliphatic carbocycles. The Morgan fingerprint density at radius 1 is 1.39 bits per heavy atom. The Kier molecular flexibility index (Phi) is 5.26. The summed E-state index contributed by atoms with van der Waals surface area (Å²) in [4.78, 5) is 16.2. The van der Waals surface area contributed by atoms with E-state index in [1.165, 1.54) is 0 Å². The van der Waals surface area contributed by atoms with Gasteiger partial charge in [0.15, 0.2) is 11.7 Å². The van der Waals surface area contributed by atoms with Gasteiger partial charge in [0.2, 0.25) is 5.89 Å². The molecule has 0 radical (unpaired) electrons. The first kappa shape index (κ1) is 17.3. The van der Waals surface area contributed by atoms with Crippen LogP contribution in [-0.4, -0.2) is 27.8 Å². The van der Waals surface area contributed by atoms with Crippen molar-refractivity contribution in [3.63, 3.8) is 0 Å². The summed E-state index contributed by atoms with van der Waals surface area (Å²) < 4.78 is 10.8. The number of nitrogens with one attached hydrogen (secondary N) is 1. The highest BCUT2D eigenvalue weighted by atomic mass is 16.6. The average molecular weight is 320 g/mol. The van der Waals surface area contributed by atoms with Crippen molar-refractivity contribution < 1.29 is 19.1 Å². The number of hydrogen-bond donors (Lipinski definition) is 2. The number of rotatable bonds is 5. The van der Waals surface area contributed by atoms with Crippen LogP contribution in [-0.2, 0) is 4.74 Å². The predicted molar refractivity (Wildman–Crippen MR) is 87.0 cm³/mol. The van der Waals surface area contributed by atoms with Crippen LogP contribution in [0.3, 0.4) is 0 Å². The zero-order chi connectivity index (χ0) is 17.0. The van der Waals surface area contributed by atoms with Gasteiger partial charge in [-0.05, 0) is 39.3 Å². The lowest BCUT2D eigenvalue weighted by Crippen LogP contribution is -2.42. The van der Waals surface area contributed by atoms with E-state index in [9.17, 15) is 9.90 Å². The molecule has 2 aromatic rings. The number of aromatic nitrogens is 1. The maximum absolute atomic E-state index is 12.0. The summed E-state index contributed by atoms with van der Waals surface area (Å²) in [6.45, 7) is 7.35. The highest BCUT2D eigenvalue weighted by Gasteiger charge is 2.28. The fraction of sp³-hybridized carbons (Fsp3) is 0.529. The van der Waals surface area contributed by atoms with E-state index in [1.807, 2.05) is 25.1 Å². The first-order valence-electron chi connectivity index (χ1n) is 7.83. The van der Waals surface area contributed by atoms with Crippen molar-refractivity contribution in [2.45, 2.75) is 58.3 Å². The molecule has 6 heteroatoms. The lowest BCUT2D eigenvalue weighted by atomic mass is 10.1. The molecule has 1 aromatic carbocycles. The van der Waals surface area contributed by atoms with Crippen LogP contribution in [0.15, 0.2) is 28.7 Å². The summed E-state index contributed by atoms with van der Waals surface area (Å²) in [6, 6.07) is 6.76. The van der Waals surface area contributed by atoms with Gasteiger partial charge in [-0.25, -0.2) is 9.78 Å². The quantitative estimate of drug-likeness (QED) is 0.880. The second kappa shape index (κ2) is 7.00. The lowest BCUT2D eigenvalue weighted by Gasteiger charge is -2.25. The number of aliphatic hydroxyl groups excluding tert-OH is 1. The smallest absolute Gasteiger partial charge is 0.407 e. The van der Waals surface area contributed by atoms with Gasteiger partial charge in [-0.2, -0.15) is 0 Å². The van der Waals surface area contributed by atoms with E-state index >= 15 is 0 Å². The number of aliphatic hydroxyl groups is 1. The van der Waals surface area contributed by atoms with Crippen molar-refractivity contribution >= 4 is 17.2 Å². The average Bonchev–Trinajstić information content (AvgIpc) is 2.88. The number of benzene rings is 1. The van der Waals surface area contributed by atoms with Gasteiger partial charge in [-0.15, -0.1) is 0 Å². The van der Waals surface area contributed by atoms with E-state index < -0.39 is 23.8 Å². The number of carbonyl (C=O) groups excluding carboxylic acids is 1. The Morgan fingerprint density at radius 3 is 2.70 bits per heavy atom. The normalized spacial score (nSPS) is 14.5. The number of fused-ring (bicyclic) bond motifs is 1. The van der Waals surface area contributed by atoms with Gasteiger partial charge in [0.1, 0.15) is 11.1 Å². The predicted octanol–water partition coefficient (Wildman–Crippen LogP) is 3.55. The number of carbonyl (C=O) groups is 1. The van der Waals surface area contributed by atoms with Gasteiger partial charge in [0.05, 0.1) is 6.04 Å². The molecule has 23 heavy (non-hydrogen) atoms. The molecule has 126 valence electrons. The standard InChI is InChI=1S/C17H24N2O4/c1-5-8-12(19-16(21)23-17(2,3)4)14(20)15-18-11-9-6-7-10-13(11)22-15/h6-7,9-10,12,14,20H,5,8H2,1-4H3,(H,19,21). The zero-order valence-corrected chi connectivity index (χ0v) is 14.0. The third kappa shape index (κ3) is 4.69. The highest BCUT2D eigenvalue weighted by molar-refractivity contribution is 5.72. The van der Waals surface area contributed by atoms with Crippen molar-refractivity contribution in [3.8, 4) is 0 Å². The number of alkyl carbamates (subject to hydrolysis) is 1. The number of para-hydroxylation sites is 2. The minimum absolute atomic E-state index is 0.195. The Hall–Kier alpha value is -2.08. The summed E-state index contributed by atoms with van der Waals surface area (Å²) in [5.41, 5.74) is 0.687. The molecule has 2 unspecified atom stereocenters. The molecule has 0 saturated carbocycles. The first-order chi connectivity index (χ1) is 10.8. The van der Waals surface area contributed by atoms with Crippen LogP contribution in [0.1, 0.15) is 52.5 Å². The van der Waals surface area contributed by atoms with E-state index in [0.717, 1.165) is 6.42 Å². The third-order valence-electron chi connectivity index (χ3n) is 3.25. The third-order valence-corrected chi connectivity index (χ3v) is 3.25. The van der Waals surface area contributed by atoms with Gasteiger partial charge in [-0.3, -0.25) is 0 Å². The Labute approximate surface area is 135 Å². The second-order valence-electron chi connectivity index (χ2n) is 6.51. The lowest BCUT2D eigenvalue weighted by molar-refractivity contribution is 0.0381. The van der Waals surface area contributed by atoms with E-state index in [4.69, 9.17) is 9.15 Å². The van der Waals surface area contributed by atoms with Crippen LogP contribution in [0, 0.1) is 0 Å². The molecule has 2 N–H and O–H groups in total. The molecule has 2 atom stereocenters. The molecule has 0 fully saturated rings. The van der Waals surface area contributed by atoms with Gasteiger partial charge >= 0.3 is 6.09 Å². The summed E-state index contributed by atoms with van der Waals surface area (Å²) in [5, 5.41) is 13.2. The van der Waals surface area contributed by atoms with Crippen LogP contribution < -0.4 is 5.32 Å². The molecule has 1 aromatic heterocycles. The summed E-state index contributed by atoms with van der Waals surface area (Å²) in [6.07, 6.45) is -0.224. The molecule has 0 bridgehead atoms. The summed E-state index contributed by atoms with van der Waals surface area (Å²) in [5.74, 6) is 0.195. The van der Waals surface area contributed by atoms with Crippen LogP contribution in [0.2, 0.25) is 0 Å². The largest absolute Gasteiger partial charge is 0.444 e. The fourth-order valence-corrected chi connectivity index (χ4v) is 2.27. The number of nitrogens with zero attached hydrogens (tertiary/aromatic N) is 1. The van der Waals surface area contributed by atoms with E-state index in [-0.39, 0.29) is 5.89 Å². The summed E-state index contributed by atoms with van der Waals surface area (Å²) >= 11 is 0. The van der Waals surface area contributed by atoms with Crippen LogP contribution in [0.25, 0.3) is 11.1 Å². The zero-order valence-electron chi connectivity index (χ0n) is 14.0. The molecular weight excluding hydrogens is 296 g/mol. The van der Waals surface area contributed by atoms with Gasteiger partial charge in [0.25, 0.3) is 0 Å². The van der Waals surface area contributed by atoms with Crippen molar-refractivity contribution in [2.75, 3.05) is 0 Å². The number of oxazole rings is 1. The Balaban J connectivity index is 2.14. The Morgan fingerprint density at radius 2 is 2.09 bits per heavy atom. The molecule has 0 spiro atoms. The van der Waals surface area contributed by atoms with E-state index in [2.05, 4.69) is 10.3 Å². The molecule has 0 aliphatic heterocycles. The maximum Gasteiger partial charge on any atom is 0.407 e. The molecule has 0 aliphatic rings. The second-order valence-corrected chi connectivity index (χ2v) is 6.51. The highest BCUT2D eigenvalue weighted by Crippen LogP contribution is 2.24. The van der Waals surface area contributed by atoms with Crippen molar-refractivity contribution in [2.24, 2.45) is 0 Å². The molecule has 1 amide bonds. The fourth-order valence-electron chi connectivity index (χ4n) is 2.27. The topological polar surface area (TPSA) is 84.6 Å². The van der Waals surface area contributed by atoms with Crippen molar-refractivity contribution in [3.05, 3.63) is 30.2 Å². The van der Waals surface area contributed by atoms with Crippen molar-refractivity contribution in [1.82, 2.24) is 10.3 Å². The van der Waals surface area contributed by atoms with E-state index in [1.54, 1.807) is 26.8 Å². The first-order valence-corrected chi connectivity index (χ1v) is 7.83. The molecular formula is C17H24N2O4. The Bertz CT molecular complexity index is 627. The molecule has 0 saturated heterocycles. The minimum Gasteiger partial charge on any atom is -0.444 e. The van der Waals surface area contributed by atoms with Gasteiger partial charge < -0.3 is 19.6 Å². The number of amides is 1. The molecule has 2 rings (SSSR count). The summed E-state index contributed by atoms with van der Waals surface area (Å²) in [7, 11) is 0. The monoisotopic (exact) mass is 320 g/mol. The minimum atomic E-state index is -1.03. The van der Waals surface area contributed by atoms with Crippen molar-refractivity contribution in [1.29, 1.82) is 0 Å². The van der Waals surface area contributed by atoms with Crippen LogP contribution >= 0.6 is 0 Å². The van der Waals surface area contributed by atoms with Crippen LogP contribution in [0.4, 0.5) is 4.79 Å². The van der Waals surface area contributed by atoms with E-state index in [0.29, 0.717) is 17.5 Å². The van der Waals surface area contributed by atoms with Gasteiger partial charge in [-0.1, -0.05) is 25.5 Å². The number of hydrogen-bond acceptors (Lipinski definition) is 5. The SMILES string of the molecule is CCCC(NC(=O)OC(C)(C)C)C(O)c1nc2ccccc2o1. The number of ether oxygens (including phenoxy) is 1. The van der Waals surface area contributed by atoms with Crippen LogP contribution in [0.5, 0.6) is 0 Å². The molecule has 6 nitrogen and oxygen atoms in total. The van der Waals surface area contributed by atoms with Gasteiger partial charge in [0, 0.05) is 0 Å².